The maximum absolute atomic E-state index is 12.8. The Morgan fingerprint density at radius 2 is 1.69 bits per heavy atom. The molecule has 2 fully saturated rings. The zero-order chi connectivity index (χ0) is 25.0. The van der Waals surface area contributed by atoms with Gasteiger partial charge in [-0.05, 0) is 97.1 Å². The van der Waals surface area contributed by atoms with Gasteiger partial charge in [0.1, 0.15) is 4.90 Å². The van der Waals surface area contributed by atoms with Gasteiger partial charge in [-0.15, -0.1) is 0 Å². The Morgan fingerprint density at radius 1 is 0.943 bits per heavy atom. The molecule has 3 unspecified atom stereocenters. The standard InChI is InChI=1S/C26H32O7S2/c1-26-14-13-19-20(22(26)11-12-25(26)33-34(3,27)28)10-9-17-15-24(23(31-2)16-21(17)19)32-35(29,30)18-7-5-4-6-8-18/h4-8,15-16,19-20,22,25H,9-14H2,1-3H3/t19?,20?,22?,25-,26-/m0/s1. The van der Waals surface area contributed by atoms with Crippen molar-refractivity contribution in [2.24, 2.45) is 17.3 Å². The lowest BCUT2D eigenvalue weighted by atomic mass is 9.55. The van der Waals surface area contributed by atoms with Crippen LogP contribution in [-0.4, -0.2) is 36.3 Å². The van der Waals surface area contributed by atoms with Gasteiger partial charge in [-0.25, -0.2) is 0 Å². The molecule has 9 heteroatoms. The molecule has 0 aliphatic heterocycles. The Bertz CT molecular complexity index is 1320. The van der Waals surface area contributed by atoms with Crippen LogP contribution in [0.3, 0.4) is 0 Å². The number of hydrogen-bond acceptors (Lipinski definition) is 7. The van der Waals surface area contributed by atoms with Crippen LogP contribution in [0, 0.1) is 17.3 Å². The number of benzene rings is 2. The number of fused-ring (bicyclic) bond motifs is 5. The van der Waals surface area contributed by atoms with Crippen molar-refractivity contribution in [3.05, 3.63) is 53.6 Å². The van der Waals surface area contributed by atoms with Crippen molar-refractivity contribution in [3.63, 3.8) is 0 Å². The zero-order valence-electron chi connectivity index (χ0n) is 20.3. The minimum atomic E-state index is -3.98. The molecule has 0 saturated heterocycles. The number of ether oxygens (including phenoxy) is 1. The molecular weight excluding hydrogens is 488 g/mol. The third kappa shape index (κ3) is 4.47. The molecule has 7 nitrogen and oxygen atoms in total. The van der Waals surface area contributed by atoms with E-state index in [0.717, 1.165) is 50.3 Å². The van der Waals surface area contributed by atoms with Crippen LogP contribution in [0.1, 0.15) is 56.1 Å². The summed E-state index contributed by atoms with van der Waals surface area (Å²) in [5.41, 5.74) is 2.13. The monoisotopic (exact) mass is 520 g/mol. The van der Waals surface area contributed by atoms with Gasteiger partial charge in [-0.3, -0.25) is 4.18 Å². The van der Waals surface area contributed by atoms with Crippen LogP contribution in [0.5, 0.6) is 11.5 Å². The molecule has 5 rings (SSSR count). The normalized spacial score (nSPS) is 30.1. The SMILES string of the molecule is COc1cc2c(cc1OS(=O)(=O)c1ccccc1)CCC1C2CC[C@@]2(C)C1CC[C@@H]2OS(C)(=O)=O. The first kappa shape index (κ1) is 24.6. The first-order chi connectivity index (χ1) is 16.5. The number of hydrogen-bond donors (Lipinski definition) is 0. The van der Waals surface area contributed by atoms with Crippen molar-refractivity contribution < 1.29 is 29.9 Å². The average molecular weight is 521 g/mol. The molecule has 2 aromatic rings. The van der Waals surface area contributed by atoms with Gasteiger partial charge >= 0.3 is 10.1 Å². The number of methoxy groups -OCH3 is 1. The molecule has 2 aromatic carbocycles. The fourth-order valence-electron chi connectivity index (χ4n) is 6.88. The third-order valence-corrected chi connectivity index (χ3v) is 10.3. The van der Waals surface area contributed by atoms with Crippen molar-refractivity contribution >= 4 is 20.2 Å². The first-order valence-electron chi connectivity index (χ1n) is 12.1. The van der Waals surface area contributed by atoms with Gasteiger partial charge in [0, 0.05) is 0 Å². The summed E-state index contributed by atoms with van der Waals surface area (Å²) in [5.74, 6) is 1.75. The largest absolute Gasteiger partial charge is 0.493 e. The first-order valence-corrected chi connectivity index (χ1v) is 15.3. The predicted octanol–water partition coefficient (Wildman–Crippen LogP) is 4.66. The topological polar surface area (TPSA) is 96.0 Å². The molecule has 0 aromatic heterocycles. The van der Waals surface area contributed by atoms with Gasteiger partial charge in [-0.2, -0.15) is 16.8 Å². The maximum atomic E-state index is 12.8. The van der Waals surface area contributed by atoms with E-state index in [-0.39, 0.29) is 22.2 Å². The lowest BCUT2D eigenvalue weighted by Gasteiger charge is -2.50. The quantitative estimate of drug-likeness (QED) is 0.511. The van der Waals surface area contributed by atoms with Crippen LogP contribution in [0.2, 0.25) is 0 Å². The van der Waals surface area contributed by atoms with Crippen molar-refractivity contribution in [2.75, 3.05) is 13.4 Å². The molecule has 2 saturated carbocycles. The zero-order valence-corrected chi connectivity index (χ0v) is 21.9. The summed E-state index contributed by atoms with van der Waals surface area (Å²) in [7, 11) is -5.96. The number of rotatable bonds is 6. The van der Waals surface area contributed by atoms with Gasteiger partial charge < -0.3 is 8.92 Å². The molecule has 0 radical (unpaired) electrons. The Morgan fingerprint density at radius 3 is 2.37 bits per heavy atom. The average Bonchev–Trinajstić information content (AvgIpc) is 3.13. The molecule has 35 heavy (non-hydrogen) atoms. The minimum Gasteiger partial charge on any atom is -0.493 e. The van der Waals surface area contributed by atoms with E-state index in [9.17, 15) is 16.8 Å². The molecule has 3 aliphatic carbocycles. The molecule has 0 spiro atoms. The highest BCUT2D eigenvalue weighted by atomic mass is 32.2. The van der Waals surface area contributed by atoms with Crippen LogP contribution in [0.25, 0.3) is 0 Å². The highest BCUT2D eigenvalue weighted by molar-refractivity contribution is 7.87. The molecular formula is C26H32O7S2. The van der Waals surface area contributed by atoms with E-state index in [0.29, 0.717) is 23.5 Å². The summed E-state index contributed by atoms with van der Waals surface area (Å²) in [4.78, 5) is 0.0958. The van der Waals surface area contributed by atoms with E-state index in [2.05, 4.69) is 6.92 Å². The van der Waals surface area contributed by atoms with E-state index in [1.807, 2.05) is 12.1 Å². The fraction of sp³-hybridized carbons (Fsp3) is 0.538. The smallest absolute Gasteiger partial charge is 0.339 e. The summed E-state index contributed by atoms with van der Waals surface area (Å²) in [6, 6.07) is 11.9. The molecule has 3 aliphatic rings. The maximum Gasteiger partial charge on any atom is 0.339 e. The van der Waals surface area contributed by atoms with E-state index in [1.165, 1.54) is 24.8 Å². The molecule has 190 valence electrons. The van der Waals surface area contributed by atoms with Crippen LogP contribution < -0.4 is 8.92 Å². The highest BCUT2D eigenvalue weighted by Gasteiger charge is 2.56. The van der Waals surface area contributed by atoms with Gasteiger partial charge in [-0.1, -0.05) is 25.1 Å². The summed E-state index contributed by atoms with van der Waals surface area (Å²) in [5, 5.41) is 0. The van der Waals surface area contributed by atoms with Crippen LogP contribution >= 0.6 is 0 Å². The van der Waals surface area contributed by atoms with Crippen molar-refractivity contribution in [3.8, 4) is 11.5 Å². The Kier molecular flexibility index (Phi) is 6.17. The van der Waals surface area contributed by atoms with Crippen LogP contribution in [0.15, 0.2) is 47.4 Å². The third-order valence-electron chi connectivity index (χ3n) is 8.44. The lowest BCUT2D eigenvalue weighted by Crippen LogP contribution is -2.45. The number of aryl methyl sites for hydroxylation is 1. The molecule has 0 N–H and O–H groups in total. The van der Waals surface area contributed by atoms with Gasteiger partial charge in [0.2, 0.25) is 0 Å². The Balaban J connectivity index is 1.43. The molecule has 0 bridgehead atoms. The van der Waals surface area contributed by atoms with Crippen molar-refractivity contribution in [2.45, 2.75) is 62.4 Å². The lowest BCUT2D eigenvalue weighted by molar-refractivity contribution is -0.00770. The van der Waals surface area contributed by atoms with Gasteiger partial charge in [0.15, 0.2) is 11.5 Å². The summed E-state index contributed by atoms with van der Waals surface area (Å²) in [6.07, 6.45) is 6.20. The van der Waals surface area contributed by atoms with Gasteiger partial charge in [0.05, 0.1) is 19.5 Å². The molecule has 5 atom stereocenters. The Hall–Kier alpha value is -2.10. The second-order valence-electron chi connectivity index (χ2n) is 10.4. The second-order valence-corrected chi connectivity index (χ2v) is 13.5. The van der Waals surface area contributed by atoms with E-state index in [4.69, 9.17) is 13.1 Å². The molecule has 0 amide bonds. The van der Waals surface area contributed by atoms with Crippen molar-refractivity contribution in [1.82, 2.24) is 0 Å². The second kappa shape index (κ2) is 8.78. The minimum absolute atomic E-state index is 0.0958. The van der Waals surface area contributed by atoms with Gasteiger partial charge in [0.25, 0.3) is 10.1 Å². The summed E-state index contributed by atoms with van der Waals surface area (Å²) >= 11 is 0. The summed E-state index contributed by atoms with van der Waals surface area (Å²) in [6.45, 7) is 2.19. The van der Waals surface area contributed by atoms with Crippen LogP contribution in [0.4, 0.5) is 0 Å². The summed E-state index contributed by atoms with van der Waals surface area (Å²) < 4.78 is 66.0. The van der Waals surface area contributed by atoms with E-state index < -0.39 is 20.2 Å². The fourth-order valence-corrected chi connectivity index (χ4v) is 8.57. The predicted molar refractivity (Wildman–Crippen MR) is 132 cm³/mol. The Labute approximate surface area is 208 Å². The van der Waals surface area contributed by atoms with Crippen LogP contribution in [-0.2, 0) is 30.8 Å². The van der Waals surface area contributed by atoms with E-state index in [1.54, 1.807) is 18.2 Å². The highest BCUT2D eigenvalue weighted by Crippen LogP contribution is 2.62. The van der Waals surface area contributed by atoms with Crippen molar-refractivity contribution in [1.29, 1.82) is 0 Å². The molecule has 0 heterocycles. The van der Waals surface area contributed by atoms with E-state index >= 15 is 0 Å².